The molecular formula is C21H27BrN2O5. The van der Waals surface area contributed by atoms with Crippen LogP contribution in [0.2, 0.25) is 0 Å². The molecule has 1 aromatic heterocycles. The summed E-state index contributed by atoms with van der Waals surface area (Å²) in [4.78, 5) is 36.0. The largest absolute Gasteiger partial charge is 0.454 e. The van der Waals surface area contributed by atoms with Crippen molar-refractivity contribution in [2.75, 3.05) is 13.2 Å². The lowest BCUT2D eigenvalue weighted by atomic mass is 9.48. The molecule has 1 aromatic rings. The number of esters is 1. The molecular weight excluding hydrogens is 440 g/mol. The molecule has 2 amide bonds. The first-order valence-corrected chi connectivity index (χ1v) is 11.1. The molecule has 158 valence electrons. The van der Waals surface area contributed by atoms with Gasteiger partial charge in [0.1, 0.15) is 6.54 Å². The molecule has 2 N–H and O–H groups in total. The Labute approximate surface area is 178 Å². The topological polar surface area (TPSA) is 97.6 Å². The summed E-state index contributed by atoms with van der Waals surface area (Å²) in [7, 11) is 0. The first kappa shape index (κ1) is 20.4. The van der Waals surface area contributed by atoms with Crippen molar-refractivity contribution in [1.29, 1.82) is 0 Å². The van der Waals surface area contributed by atoms with Crippen LogP contribution in [0.15, 0.2) is 21.2 Å². The van der Waals surface area contributed by atoms with Gasteiger partial charge in [0.05, 0.1) is 0 Å². The summed E-state index contributed by atoms with van der Waals surface area (Å²) in [6.07, 6.45) is 7.69. The van der Waals surface area contributed by atoms with Gasteiger partial charge in [0, 0.05) is 6.04 Å². The number of hydrogen-bond acceptors (Lipinski definition) is 5. The molecule has 4 aliphatic rings. The zero-order valence-electron chi connectivity index (χ0n) is 16.5. The number of rotatable bonds is 7. The molecule has 4 fully saturated rings. The second-order valence-electron chi connectivity index (χ2n) is 9.02. The van der Waals surface area contributed by atoms with Gasteiger partial charge in [-0.25, -0.2) is 0 Å². The lowest BCUT2D eigenvalue weighted by Gasteiger charge is -2.59. The number of ether oxygens (including phenoxy) is 1. The van der Waals surface area contributed by atoms with Gasteiger partial charge < -0.3 is 19.8 Å². The van der Waals surface area contributed by atoms with Gasteiger partial charge in [-0.05, 0) is 96.7 Å². The van der Waals surface area contributed by atoms with Gasteiger partial charge in [-0.15, -0.1) is 0 Å². The second kappa shape index (κ2) is 8.13. The fourth-order valence-corrected chi connectivity index (χ4v) is 6.32. The Morgan fingerprint density at radius 3 is 2.34 bits per heavy atom. The predicted octanol–water partition coefficient (Wildman–Crippen LogP) is 3.04. The second-order valence-corrected chi connectivity index (χ2v) is 9.80. The first-order valence-electron chi connectivity index (χ1n) is 10.3. The highest BCUT2D eigenvalue weighted by Gasteiger charge is 2.53. The average Bonchev–Trinajstić information content (AvgIpc) is 3.10. The van der Waals surface area contributed by atoms with E-state index in [1.807, 2.05) is 0 Å². The number of hydrogen-bond donors (Lipinski definition) is 2. The van der Waals surface area contributed by atoms with Crippen LogP contribution in [0.5, 0.6) is 0 Å². The van der Waals surface area contributed by atoms with Gasteiger partial charge in [0.2, 0.25) is 0 Å². The third kappa shape index (κ3) is 4.52. The van der Waals surface area contributed by atoms with Gasteiger partial charge >= 0.3 is 5.97 Å². The van der Waals surface area contributed by atoms with Crippen LogP contribution in [0.25, 0.3) is 0 Å². The number of furan rings is 1. The molecule has 4 saturated carbocycles. The van der Waals surface area contributed by atoms with E-state index in [9.17, 15) is 14.4 Å². The Kier molecular flexibility index (Phi) is 5.73. The summed E-state index contributed by atoms with van der Waals surface area (Å²) in [6.45, 7) is 1.43. The Morgan fingerprint density at radius 1 is 1.17 bits per heavy atom. The van der Waals surface area contributed by atoms with Crippen molar-refractivity contribution >= 4 is 33.7 Å². The van der Waals surface area contributed by atoms with Crippen LogP contribution in [0, 0.1) is 23.2 Å². The zero-order valence-corrected chi connectivity index (χ0v) is 18.1. The molecule has 1 unspecified atom stereocenters. The summed E-state index contributed by atoms with van der Waals surface area (Å²) in [5, 5.41) is 5.47. The highest BCUT2D eigenvalue weighted by atomic mass is 79.9. The molecule has 29 heavy (non-hydrogen) atoms. The van der Waals surface area contributed by atoms with Gasteiger partial charge in [0.15, 0.2) is 17.0 Å². The van der Waals surface area contributed by atoms with E-state index < -0.39 is 11.9 Å². The minimum atomic E-state index is -0.665. The van der Waals surface area contributed by atoms with Crippen LogP contribution in [0.4, 0.5) is 0 Å². The molecule has 0 aliphatic heterocycles. The minimum Gasteiger partial charge on any atom is -0.454 e. The van der Waals surface area contributed by atoms with E-state index in [2.05, 4.69) is 33.5 Å². The quantitative estimate of drug-likeness (QED) is 0.601. The Hall–Kier alpha value is -1.83. The van der Waals surface area contributed by atoms with Gasteiger partial charge in [0.25, 0.3) is 11.8 Å². The van der Waals surface area contributed by atoms with Crippen LogP contribution < -0.4 is 10.6 Å². The molecule has 0 spiro atoms. The molecule has 4 bridgehead atoms. The van der Waals surface area contributed by atoms with Crippen molar-refractivity contribution in [3.63, 3.8) is 0 Å². The molecule has 4 aliphatic carbocycles. The smallest absolute Gasteiger partial charge is 0.325 e. The van der Waals surface area contributed by atoms with Crippen molar-refractivity contribution in [2.45, 2.75) is 51.5 Å². The van der Waals surface area contributed by atoms with Gasteiger partial charge in [-0.3, -0.25) is 14.4 Å². The lowest BCUT2D eigenvalue weighted by molar-refractivity contribution is -0.148. The third-order valence-corrected chi connectivity index (χ3v) is 7.36. The maximum atomic E-state index is 12.3. The van der Waals surface area contributed by atoms with Gasteiger partial charge in [-0.1, -0.05) is 0 Å². The highest BCUT2D eigenvalue weighted by molar-refractivity contribution is 9.10. The standard InChI is InChI=1S/C21H27BrN2O5/c1-12(21-7-13-4-14(8-21)6-15(5-13)9-21)24-18(25)11-28-19(26)10-23-20(27)16-2-3-17(22)29-16/h2-3,12-15H,4-11H2,1H3,(H,23,27)(H,24,25). The van der Waals surface area contributed by atoms with E-state index >= 15 is 0 Å². The van der Waals surface area contributed by atoms with Crippen molar-refractivity contribution < 1.29 is 23.5 Å². The van der Waals surface area contributed by atoms with E-state index in [4.69, 9.17) is 9.15 Å². The monoisotopic (exact) mass is 466 g/mol. The molecule has 0 saturated heterocycles. The molecule has 1 heterocycles. The van der Waals surface area contributed by atoms with E-state index in [-0.39, 0.29) is 36.3 Å². The number of nitrogens with one attached hydrogen (secondary N) is 2. The Morgan fingerprint density at radius 2 is 1.79 bits per heavy atom. The summed E-state index contributed by atoms with van der Waals surface area (Å²) < 4.78 is 10.5. The van der Waals surface area contributed by atoms with Crippen LogP contribution >= 0.6 is 15.9 Å². The minimum absolute atomic E-state index is 0.0826. The fraction of sp³-hybridized carbons (Fsp3) is 0.667. The summed E-state index contributed by atoms with van der Waals surface area (Å²) in [5.74, 6) is 1.06. The first-order chi connectivity index (χ1) is 13.8. The van der Waals surface area contributed by atoms with Crippen LogP contribution in [0.3, 0.4) is 0 Å². The Bertz CT molecular complexity index is 769. The number of amides is 2. The molecule has 1 atom stereocenters. The number of carbonyl (C=O) groups excluding carboxylic acids is 3. The predicted molar refractivity (Wildman–Crippen MR) is 108 cm³/mol. The fourth-order valence-electron chi connectivity index (χ4n) is 6.02. The van der Waals surface area contributed by atoms with Crippen LogP contribution in [-0.4, -0.2) is 37.0 Å². The number of carbonyl (C=O) groups is 3. The van der Waals surface area contributed by atoms with E-state index in [0.29, 0.717) is 4.67 Å². The third-order valence-electron chi connectivity index (χ3n) is 6.94. The zero-order chi connectivity index (χ0) is 20.6. The van der Waals surface area contributed by atoms with Crippen molar-refractivity contribution in [2.24, 2.45) is 23.2 Å². The van der Waals surface area contributed by atoms with E-state index in [1.54, 1.807) is 6.07 Å². The molecule has 7 nitrogen and oxygen atoms in total. The van der Waals surface area contributed by atoms with Crippen molar-refractivity contribution in [3.8, 4) is 0 Å². The van der Waals surface area contributed by atoms with E-state index in [0.717, 1.165) is 17.8 Å². The summed E-state index contributed by atoms with van der Waals surface area (Å²) >= 11 is 3.11. The summed E-state index contributed by atoms with van der Waals surface area (Å²) in [6, 6.07) is 3.16. The molecule has 5 rings (SSSR count). The molecule has 0 radical (unpaired) electrons. The maximum Gasteiger partial charge on any atom is 0.325 e. The average molecular weight is 467 g/mol. The number of halogens is 1. The summed E-state index contributed by atoms with van der Waals surface area (Å²) in [5.41, 5.74) is 0.208. The molecule has 8 heteroatoms. The highest BCUT2D eigenvalue weighted by Crippen LogP contribution is 2.61. The van der Waals surface area contributed by atoms with Gasteiger partial charge in [-0.2, -0.15) is 0 Å². The molecule has 0 aromatic carbocycles. The van der Waals surface area contributed by atoms with Crippen LogP contribution in [-0.2, 0) is 14.3 Å². The maximum absolute atomic E-state index is 12.3. The van der Waals surface area contributed by atoms with E-state index in [1.165, 1.54) is 44.6 Å². The Balaban J connectivity index is 1.20. The normalized spacial score (nSPS) is 30.6. The SMILES string of the molecule is CC(NC(=O)COC(=O)CNC(=O)c1ccc(Br)o1)C12CC3CC(CC(C3)C1)C2. The lowest BCUT2D eigenvalue weighted by Crippen LogP contribution is -2.56. The van der Waals surface area contributed by atoms with Crippen molar-refractivity contribution in [1.82, 2.24) is 10.6 Å². The van der Waals surface area contributed by atoms with Crippen LogP contribution in [0.1, 0.15) is 56.0 Å². The van der Waals surface area contributed by atoms with Crippen molar-refractivity contribution in [3.05, 3.63) is 22.6 Å².